The Kier molecular flexibility index (Phi) is 6.75. The first-order valence-corrected chi connectivity index (χ1v) is 8.85. The number of carbonyl (C=O) groups excluding carboxylic acids is 2. The molecule has 0 aliphatic carbocycles. The average molecular weight is 347 g/mol. The fourth-order valence-corrected chi connectivity index (χ4v) is 2.98. The Morgan fingerprint density at radius 1 is 1.16 bits per heavy atom. The van der Waals surface area contributed by atoms with Gasteiger partial charge in [-0.2, -0.15) is 0 Å². The van der Waals surface area contributed by atoms with Crippen molar-refractivity contribution in [3.63, 3.8) is 0 Å². The summed E-state index contributed by atoms with van der Waals surface area (Å²) in [6.45, 7) is 10.9. The van der Waals surface area contributed by atoms with Gasteiger partial charge in [-0.05, 0) is 39.3 Å². The fraction of sp³-hybridized carbons (Fsp3) is 0.611. The zero-order valence-corrected chi connectivity index (χ0v) is 15.6. The van der Waals surface area contributed by atoms with E-state index in [9.17, 15) is 9.59 Å². The lowest BCUT2D eigenvalue weighted by Crippen LogP contribution is -2.54. The predicted octanol–water partition coefficient (Wildman–Crippen LogP) is 1.30. The lowest BCUT2D eigenvalue weighted by Gasteiger charge is -2.35. The normalized spacial score (nSPS) is 16.6. The van der Waals surface area contributed by atoms with Crippen LogP contribution in [0.1, 0.15) is 38.1 Å². The summed E-state index contributed by atoms with van der Waals surface area (Å²) in [7, 11) is 0. The van der Waals surface area contributed by atoms with Crippen molar-refractivity contribution in [2.24, 2.45) is 0 Å². The SMILES string of the molecule is Cc1cccnc1C(C)NC(=O)N1CCN(CC(=O)NC(C)C)CC1. The lowest BCUT2D eigenvalue weighted by molar-refractivity contribution is -0.123. The van der Waals surface area contributed by atoms with Crippen molar-refractivity contribution in [1.29, 1.82) is 0 Å². The summed E-state index contributed by atoms with van der Waals surface area (Å²) < 4.78 is 0. The molecule has 2 heterocycles. The molecule has 0 aromatic carbocycles. The van der Waals surface area contributed by atoms with Gasteiger partial charge in [-0.3, -0.25) is 14.7 Å². The second-order valence-corrected chi connectivity index (χ2v) is 6.86. The molecule has 0 radical (unpaired) electrons. The second kappa shape index (κ2) is 8.80. The van der Waals surface area contributed by atoms with Gasteiger partial charge in [0.05, 0.1) is 18.3 Å². The lowest BCUT2D eigenvalue weighted by atomic mass is 10.1. The summed E-state index contributed by atoms with van der Waals surface area (Å²) in [4.78, 5) is 32.5. The molecule has 2 N–H and O–H groups in total. The smallest absolute Gasteiger partial charge is 0.318 e. The van der Waals surface area contributed by atoms with Crippen LogP contribution in [0.2, 0.25) is 0 Å². The number of carbonyl (C=O) groups is 2. The molecular formula is C18H29N5O2. The molecule has 0 bridgehead atoms. The van der Waals surface area contributed by atoms with E-state index in [-0.39, 0.29) is 24.0 Å². The topological polar surface area (TPSA) is 77.6 Å². The number of pyridine rings is 1. The molecule has 1 unspecified atom stereocenters. The van der Waals surface area contributed by atoms with Crippen LogP contribution in [0.15, 0.2) is 18.3 Å². The number of rotatable bonds is 5. The van der Waals surface area contributed by atoms with Crippen molar-refractivity contribution in [3.05, 3.63) is 29.6 Å². The molecule has 138 valence electrons. The first kappa shape index (κ1) is 19.2. The van der Waals surface area contributed by atoms with Crippen LogP contribution in [0.25, 0.3) is 0 Å². The molecular weight excluding hydrogens is 318 g/mol. The molecule has 3 amide bonds. The molecule has 25 heavy (non-hydrogen) atoms. The Balaban J connectivity index is 1.79. The molecule has 2 rings (SSSR count). The first-order chi connectivity index (χ1) is 11.9. The Morgan fingerprint density at radius 2 is 1.84 bits per heavy atom. The average Bonchev–Trinajstić information content (AvgIpc) is 2.54. The predicted molar refractivity (Wildman–Crippen MR) is 97.2 cm³/mol. The van der Waals surface area contributed by atoms with Gasteiger partial charge in [0.1, 0.15) is 0 Å². The third kappa shape index (κ3) is 5.70. The van der Waals surface area contributed by atoms with E-state index in [1.54, 1.807) is 11.1 Å². The van der Waals surface area contributed by atoms with Crippen LogP contribution in [0.3, 0.4) is 0 Å². The first-order valence-electron chi connectivity index (χ1n) is 8.85. The second-order valence-electron chi connectivity index (χ2n) is 6.86. The molecule has 7 nitrogen and oxygen atoms in total. The van der Waals surface area contributed by atoms with E-state index in [4.69, 9.17) is 0 Å². The maximum absolute atomic E-state index is 12.5. The number of nitrogens with one attached hydrogen (secondary N) is 2. The quantitative estimate of drug-likeness (QED) is 0.842. The van der Waals surface area contributed by atoms with Crippen LogP contribution in [0, 0.1) is 6.92 Å². The largest absolute Gasteiger partial charge is 0.353 e. The minimum atomic E-state index is -0.136. The van der Waals surface area contributed by atoms with E-state index in [1.807, 2.05) is 39.8 Å². The fourth-order valence-electron chi connectivity index (χ4n) is 2.98. The Hall–Kier alpha value is -2.15. The van der Waals surface area contributed by atoms with Crippen molar-refractivity contribution < 1.29 is 9.59 Å². The van der Waals surface area contributed by atoms with E-state index in [2.05, 4.69) is 20.5 Å². The number of piperazine rings is 1. The van der Waals surface area contributed by atoms with Gasteiger partial charge in [-0.15, -0.1) is 0 Å². The Morgan fingerprint density at radius 3 is 2.44 bits per heavy atom. The number of hydrogen-bond acceptors (Lipinski definition) is 4. The van der Waals surface area contributed by atoms with Crippen molar-refractivity contribution >= 4 is 11.9 Å². The van der Waals surface area contributed by atoms with Crippen LogP contribution in [-0.4, -0.2) is 65.5 Å². The molecule has 7 heteroatoms. The summed E-state index contributed by atoms with van der Waals surface area (Å²) in [6.07, 6.45) is 1.74. The van der Waals surface area contributed by atoms with E-state index in [0.717, 1.165) is 11.3 Å². The number of aryl methyl sites for hydroxylation is 1. The van der Waals surface area contributed by atoms with Crippen molar-refractivity contribution in [1.82, 2.24) is 25.4 Å². The number of nitrogens with zero attached hydrogens (tertiary/aromatic N) is 3. The van der Waals surface area contributed by atoms with Gasteiger partial charge in [-0.25, -0.2) is 4.79 Å². The summed E-state index contributed by atoms with van der Waals surface area (Å²) in [5.74, 6) is 0.0344. The standard InChI is InChI=1S/C18H29N5O2/c1-13(2)20-16(24)12-22-8-10-23(11-9-22)18(25)21-15(4)17-14(3)6-5-7-19-17/h5-7,13,15H,8-12H2,1-4H3,(H,20,24)(H,21,25). The molecule has 1 aromatic rings. The van der Waals surface area contributed by atoms with Gasteiger partial charge in [0, 0.05) is 38.4 Å². The van der Waals surface area contributed by atoms with Crippen molar-refractivity contribution in [3.8, 4) is 0 Å². The molecule has 1 aromatic heterocycles. The minimum Gasteiger partial charge on any atom is -0.353 e. The van der Waals surface area contributed by atoms with E-state index < -0.39 is 0 Å². The number of hydrogen-bond donors (Lipinski definition) is 2. The zero-order valence-electron chi connectivity index (χ0n) is 15.6. The third-order valence-electron chi connectivity index (χ3n) is 4.28. The van der Waals surface area contributed by atoms with E-state index >= 15 is 0 Å². The highest BCUT2D eigenvalue weighted by molar-refractivity contribution is 5.78. The zero-order chi connectivity index (χ0) is 18.4. The highest BCUT2D eigenvalue weighted by Crippen LogP contribution is 2.14. The minimum absolute atomic E-state index is 0.0344. The van der Waals surface area contributed by atoms with Gasteiger partial charge in [0.25, 0.3) is 0 Å². The molecule has 1 aliphatic heterocycles. The highest BCUT2D eigenvalue weighted by atomic mass is 16.2. The molecule has 1 atom stereocenters. The molecule has 0 spiro atoms. The molecule has 1 fully saturated rings. The summed E-state index contributed by atoms with van der Waals surface area (Å²) in [5.41, 5.74) is 1.95. The highest BCUT2D eigenvalue weighted by Gasteiger charge is 2.24. The number of aromatic nitrogens is 1. The third-order valence-corrected chi connectivity index (χ3v) is 4.28. The maximum atomic E-state index is 12.5. The Labute approximate surface area is 149 Å². The number of amides is 3. The van der Waals surface area contributed by atoms with Crippen LogP contribution >= 0.6 is 0 Å². The van der Waals surface area contributed by atoms with Crippen LogP contribution in [-0.2, 0) is 4.79 Å². The monoisotopic (exact) mass is 347 g/mol. The van der Waals surface area contributed by atoms with Gasteiger partial charge in [-0.1, -0.05) is 6.07 Å². The van der Waals surface area contributed by atoms with Crippen LogP contribution < -0.4 is 10.6 Å². The van der Waals surface area contributed by atoms with Gasteiger partial charge < -0.3 is 15.5 Å². The summed E-state index contributed by atoms with van der Waals surface area (Å²) in [5, 5.41) is 5.91. The van der Waals surface area contributed by atoms with Gasteiger partial charge in [0.2, 0.25) is 5.91 Å². The van der Waals surface area contributed by atoms with E-state index in [1.165, 1.54) is 0 Å². The van der Waals surface area contributed by atoms with Crippen LogP contribution in [0.4, 0.5) is 4.79 Å². The van der Waals surface area contributed by atoms with E-state index in [0.29, 0.717) is 32.7 Å². The van der Waals surface area contributed by atoms with Gasteiger partial charge in [0.15, 0.2) is 0 Å². The molecule has 1 aliphatic rings. The summed E-state index contributed by atoms with van der Waals surface area (Å²) in [6, 6.07) is 3.82. The Bertz CT molecular complexity index is 597. The van der Waals surface area contributed by atoms with Crippen molar-refractivity contribution in [2.45, 2.75) is 39.8 Å². The van der Waals surface area contributed by atoms with Gasteiger partial charge >= 0.3 is 6.03 Å². The van der Waals surface area contributed by atoms with Crippen molar-refractivity contribution in [2.75, 3.05) is 32.7 Å². The molecule has 0 saturated carbocycles. The maximum Gasteiger partial charge on any atom is 0.318 e. The van der Waals surface area contributed by atoms with Crippen LogP contribution in [0.5, 0.6) is 0 Å². The molecule has 1 saturated heterocycles. The summed E-state index contributed by atoms with van der Waals surface area (Å²) >= 11 is 0. The number of urea groups is 1.